The maximum Gasteiger partial charge on any atom is 0.347 e. The molecule has 4 bridgehead atoms. The minimum atomic E-state index is -0.687. The van der Waals surface area contributed by atoms with Gasteiger partial charge in [-0.2, -0.15) is 0 Å². The molecule has 4 atom stereocenters. The molecule has 1 aromatic rings. The first kappa shape index (κ1) is 66.6. The van der Waals surface area contributed by atoms with Crippen molar-refractivity contribution in [2.45, 2.75) is 287 Å². The van der Waals surface area contributed by atoms with E-state index in [2.05, 4.69) is 41.5 Å². The number of aliphatic hydroxyl groups is 1. The second-order valence-corrected chi connectivity index (χ2v) is 27.1. The molecule has 1 aliphatic heterocycles. The smallest absolute Gasteiger partial charge is 0.347 e. The third-order valence-corrected chi connectivity index (χ3v) is 18.8. The molecule has 12 heteroatoms. The van der Waals surface area contributed by atoms with Crippen LogP contribution >= 0.6 is 0 Å². The van der Waals surface area contributed by atoms with Gasteiger partial charge in [-0.05, 0) is 218 Å². The lowest BCUT2D eigenvalue weighted by molar-refractivity contribution is -0.225. The molecule has 76 heavy (non-hydrogen) atoms. The Morgan fingerprint density at radius 2 is 0.987 bits per heavy atom. The summed E-state index contributed by atoms with van der Waals surface area (Å²) < 4.78 is 27.5. The van der Waals surface area contributed by atoms with Gasteiger partial charge in [0.25, 0.3) is 0 Å². The van der Waals surface area contributed by atoms with Crippen molar-refractivity contribution in [1.29, 1.82) is 0 Å². The number of carbonyl (C=O) groups is 5. The third kappa shape index (κ3) is 17.9. The summed E-state index contributed by atoms with van der Waals surface area (Å²) >= 11 is 0. The number of esters is 5. The number of hydrogen-bond donors (Lipinski definition) is 2. The lowest BCUT2D eigenvalue weighted by atomic mass is 9.52. The Hall–Kier alpha value is -3.67. The van der Waals surface area contributed by atoms with Crippen LogP contribution in [0, 0.1) is 45.3 Å². The van der Waals surface area contributed by atoms with E-state index < -0.39 is 28.5 Å². The Morgan fingerprint density at radius 1 is 0.605 bits per heavy atom. The van der Waals surface area contributed by atoms with E-state index in [9.17, 15) is 29.1 Å². The average Bonchev–Trinajstić information content (AvgIpc) is 4.14. The largest absolute Gasteiger partial charge is 0.508 e. The van der Waals surface area contributed by atoms with Gasteiger partial charge < -0.3 is 33.9 Å². The van der Waals surface area contributed by atoms with Gasteiger partial charge in [-0.15, -0.1) is 0 Å². The Bertz CT molecular complexity index is 1950. The van der Waals surface area contributed by atoms with Crippen molar-refractivity contribution in [1.82, 2.24) is 0 Å². The number of aromatic hydroxyl groups is 1. The fourth-order valence-electron chi connectivity index (χ4n) is 11.3. The zero-order valence-corrected chi connectivity index (χ0v) is 51.1. The molecule has 12 nitrogen and oxygen atoms in total. The number of cyclic esters (lactones) is 1. The molecule has 7 fully saturated rings. The molecule has 2 N–H and O–H groups in total. The first-order valence-corrected chi connectivity index (χ1v) is 29.7. The Morgan fingerprint density at radius 3 is 1.32 bits per heavy atom. The second-order valence-electron chi connectivity index (χ2n) is 27.1. The number of ether oxygens (including phenoxy) is 5. The predicted octanol–water partition coefficient (Wildman–Crippen LogP) is 15.1. The second kappa shape index (κ2) is 27.5. The number of phenols is 1. The van der Waals surface area contributed by atoms with Crippen molar-refractivity contribution < 1.29 is 57.9 Å². The first-order valence-electron chi connectivity index (χ1n) is 29.7. The van der Waals surface area contributed by atoms with Crippen LogP contribution in [0.15, 0.2) is 24.3 Å². The van der Waals surface area contributed by atoms with Crippen molar-refractivity contribution in [3.63, 3.8) is 0 Å². The molecule has 6 saturated carbocycles. The molecule has 8 rings (SSSR count). The van der Waals surface area contributed by atoms with E-state index in [0.717, 1.165) is 77.0 Å². The lowest BCUT2D eigenvalue weighted by Crippen LogP contribution is -2.61. The highest BCUT2D eigenvalue weighted by molar-refractivity contribution is 5.83. The summed E-state index contributed by atoms with van der Waals surface area (Å²) in [7, 11) is 0. The van der Waals surface area contributed by atoms with Gasteiger partial charge in [0.2, 0.25) is 6.10 Å². The van der Waals surface area contributed by atoms with Gasteiger partial charge in [0.05, 0.1) is 33.9 Å². The van der Waals surface area contributed by atoms with Crippen LogP contribution in [0.5, 0.6) is 5.75 Å². The van der Waals surface area contributed by atoms with Crippen LogP contribution in [0.4, 0.5) is 0 Å². The van der Waals surface area contributed by atoms with Crippen LogP contribution in [0.1, 0.15) is 265 Å². The van der Waals surface area contributed by atoms with Crippen LogP contribution in [-0.2, 0) is 47.7 Å². The molecule has 0 aromatic heterocycles. The predicted molar refractivity (Wildman–Crippen MR) is 301 cm³/mol. The monoisotopic (exact) mass is 1070 g/mol. The minimum Gasteiger partial charge on any atom is -0.508 e. The van der Waals surface area contributed by atoms with Crippen molar-refractivity contribution in [3.8, 4) is 5.75 Å². The highest BCUT2D eigenvalue weighted by atomic mass is 16.6. The van der Waals surface area contributed by atoms with E-state index in [-0.39, 0.29) is 51.5 Å². The molecule has 0 spiro atoms. The third-order valence-electron chi connectivity index (χ3n) is 18.8. The van der Waals surface area contributed by atoms with Crippen LogP contribution in [0.3, 0.4) is 0 Å². The van der Waals surface area contributed by atoms with Gasteiger partial charge >= 0.3 is 29.8 Å². The number of carbonyl (C=O) groups excluding carboxylic acids is 5. The summed E-state index contributed by atoms with van der Waals surface area (Å²) in [5, 5.41) is 19.7. The summed E-state index contributed by atoms with van der Waals surface area (Å²) in [6, 6.07) is 7.43. The van der Waals surface area contributed by atoms with Crippen molar-refractivity contribution in [2.75, 3.05) is 6.61 Å². The fraction of sp³-hybridized carbons (Fsp3) is 0.828. The zero-order chi connectivity index (χ0) is 57.7. The molecular weight excluding hydrogens is 961 g/mol. The maximum atomic E-state index is 12.4. The summed E-state index contributed by atoms with van der Waals surface area (Å²) in [5.74, 6) is 2.02. The highest BCUT2D eigenvalue weighted by Gasteiger charge is 2.59. The van der Waals surface area contributed by atoms with Crippen molar-refractivity contribution >= 4 is 29.8 Å². The molecule has 0 radical (unpaired) electrons. The normalized spacial score (nSPS) is 25.5. The standard InChI is InChI=1S/C16H26O3.2C14H26O2.C10H16O4.C10H14O/c1-4-14(2,3)13(17)19-16-8-11-5-12(9-16)7-15(18,6-11)10-16;2*1-6-13(4,5)12(15)16-14(11(2)3)9-7-8-10-14;1-4-10(2,3)9(12)14-7-5-6-13-8(7)11;1-3-8(2)9-4-6-10(11)7-5-9/h11-12,18H,4-10H2,1-3H3;2*11H,6-10H2,1-5H3;7H,4-6H2,1-3H3;4-8,11H,3H2,1-2H3. The Balaban J connectivity index is 0.000000253. The number of benzene rings is 1. The number of phenolic OH excluding ortho intramolecular Hbond substituents is 1. The molecule has 0 amide bonds. The Labute approximate surface area is 461 Å². The molecule has 7 aliphatic rings. The molecule has 1 saturated heterocycles. The van der Waals surface area contributed by atoms with Crippen LogP contribution in [0.25, 0.3) is 0 Å². The molecule has 1 aromatic carbocycles. The van der Waals surface area contributed by atoms with E-state index in [4.69, 9.17) is 28.8 Å². The van der Waals surface area contributed by atoms with E-state index in [0.29, 0.717) is 61.2 Å². The summed E-state index contributed by atoms with van der Waals surface area (Å²) in [6.45, 7) is 36.8. The highest BCUT2D eigenvalue weighted by Crippen LogP contribution is 2.59. The van der Waals surface area contributed by atoms with E-state index in [1.165, 1.54) is 37.7 Å². The fourth-order valence-corrected chi connectivity index (χ4v) is 11.3. The molecule has 1 heterocycles. The zero-order valence-electron chi connectivity index (χ0n) is 51.1. The molecule has 4 unspecified atom stereocenters. The summed E-state index contributed by atoms with van der Waals surface area (Å²) in [6.07, 6.45) is 18.7. The Kier molecular flexibility index (Phi) is 24.1. The van der Waals surface area contributed by atoms with Crippen molar-refractivity contribution in [2.24, 2.45) is 45.3 Å². The topological polar surface area (TPSA) is 172 Å². The van der Waals surface area contributed by atoms with E-state index >= 15 is 0 Å². The maximum absolute atomic E-state index is 12.4. The summed E-state index contributed by atoms with van der Waals surface area (Å²) in [5.41, 5.74) is -1.59. The van der Waals surface area contributed by atoms with Gasteiger partial charge in [0.1, 0.15) is 22.6 Å². The van der Waals surface area contributed by atoms with E-state index in [1.807, 2.05) is 81.4 Å². The summed E-state index contributed by atoms with van der Waals surface area (Å²) in [4.78, 5) is 59.3. The van der Waals surface area contributed by atoms with Gasteiger partial charge in [-0.3, -0.25) is 19.2 Å². The first-order chi connectivity index (χ1) is 35.1. The van der Waals surface area contributed by atoms with Crippen LogP contribution < -0.4 is 0 Å². The van der Waals surface area contributed by atoms with Crippen LogP contribution in [-0.4, -0.2) is 75.2 Å². The van der Waals surface area contributed by atoms with Crippen LogP contribution in [0.2, 0.25) is 0 Å². The minimum absolute atomic E-state index is 0.0226. The van der Waals surface area contributed by atoms with E-state index in [1.54, 1.807) is 26.0 Å². The number of rotatable bonds is 16. The molecule has 436 valence electrons. The SMILES string of the molecule is CCC(C)(C)C(=O)OC1(C(C)C)CCCC1.CCC(C)(C)C(=O)OC1(C(C)C)CCCC1.CCC(C)(C)C(=O)OC12CC3CC(CC(O)(C3)C1)C2.CCC(C)(C)C(=O)OC1CCOC1=O.CCC(C)c1ccc(O)cc1. The number of hydrogen-bond acceptors (Lipinski definition) is 12. The van der Waals surface area contributed by atoms with Gasteiger partial charge in [-0.25, -0.2) is 4.79 Å². The lowest BCUT2D eigenvalue weighted by Gasteiger charge is -2.59. The molecular formula is C64H108O12. The van der Waals surface area contributed by atoms with Gasteiger partial charge in [-0.1, -0.05) is 81.4 Å². The van der Waals surface area contributed by atoms with Gasteiger partial charge in [0, 0.05) is 12.8 Å². The molecule has 6 aliphatic carbocycles. The average molecular weight is 1070 g/mol. The quantitative estimate of drug-likeness (QED) is 0.119. The van der Waals surface area contributed by atoms with Crippen molar-refractivity contribution in [3.05, 3.63) is 29.8 Å². The van der Waals surface area contributed by atoms with Gasteiger partial charge in [0.15, 0.2) is 0 Å².